The molecule has 0 radical (unpaired) electrons. The zero-order valence-corrected chi connectivity index (χ0v) is 13.9. The lowest BCUT2D eigenvalue weighted by Gasteiger charge is -2.34. The molecule has 0 aliphatic carbocycles. The van der Waals surface area contributed by atoms with Crippen molar-refractivity contribution in [3.63, 3.8) is 0 Å². The van der Waals surface area contributed by atoms with Gasteiger partial charge in [0, 0.05) is 36.3 Å². The third kappa shape index (κ3) is 2.41. The molecule has 1 aromatic heterocycles. The lowest BCUT2D eigenvalue weighted by Crippen LogP contribution is -2.38. The predicted molar refractivity (Wildman–Crippen MR) is 91.2 cm³/mol. The lowest BCUT2D eigenvalue weighted by molar-refractivity contribution is 0.0694. The predicted octanol–water partition coefficient (Wildman–Crippen LogP) is 2.18. The number of halogens is 1. The molecule has 7 heteroatoms. The molecule has 4 rings (SSSR count). The Kier molecular flexibility index (Phi) is 3.76. The number of rotatable bonds is 2. The lowest BCUT2D eigenvalue weighted by atomic mass is 9.93. The molecule has 1 unspecified atom stereocenters. The number of benzene rings is 1. The summed E-state index contributed by atoms with van der Waals surface area (Å²) < 4.78 is 22.1. The first-order valence-electron chi connectivity index (χ1n) is 8.45. The first-order chi connectivity index (χ1) is 12.0. The number of morpholine rings is 1. The number of ether oxygens (including phenoxy) is 1. The van der Waals surface area contributed by atoms with Crippen LogP contribution in [0.15, 0.2) is 17.1 Å². The summed E-state index contributed by atoms with van der Waals surface area (Å²) in [5, 5.41) is 9.47. The normalized spacial score (nSPS) is 20.1. The van der Waals surface area contributed by atoms with Crippen LogP contribution in [-0.4, -0.2) is 41.9 Å². The van der Waals surface area contributed by atoms with Crippen molar-refractivity contribution in [2.24, 2.45) is 0 Å². The van der Waals surface area contributed by atoms with Gasteiger partial charge in [-0.1, -0.05) is 0 Å². The Bertz CT molecular complexity index is 931. The van der Waals surface area contributed by atoms with Crippen LogP contribution in [0.4, 0.5) is 10.1 Å². The first-order valence-corrected chi connectivity index (χ1v) is 8.45. The van der Waals surface area contributed by atoms with Crippen LogP contribution in [0.25, 0.3) is 10.9 Å². The van der Waals surface area contributed by atoms with E-state index in [-0.39, 0.29) is 17.0 Å². The number of aromatic carboxylic acids is 1. The molecule has 1 aromatic carbocycles. The van der Waals surface area contributed by atoms with E-state index >= 15 is 0 Å². The van der Waals surface area contributed by atoms with Gasteiger partial charge in [-0.3, -0.25) is 4.79 Å². The van der Waals surface area contributed by atoms with Crippen LogP contribution in [0.2, 0.25) is 0 Å². The molecule has 132 valence electrons. The van der Waals surface area contributed by atoms with Gasteiger partial charge in [0.05, 0.1) is 24.4 Å². The van der Waals surface area contributed by atoms with E-state index in [9.17, 15) is 19.1 Å². The second-order valence-electron chi connectivity index (χ2n) is 6.65. The number of carboxylic acids is 1. The molecule has 0 spiro atoms. The molecule has 6 nitrogen and oxygen atoms in total. The number of anilines is 1. The fourth-order valence-corrected chi connectivity index (χ4v) is 3.92. The van der Waals surface area contributed by atoms with E-state index in [1.165, 1.54) is 12.3 Å². The van der Waals surface area contributed by atoms with Gasteiger partial charge >= 0.3 is 5.97 Å². The summed E-state index contributed by atoms with van der Waals surface area (Å²) in [5.41, 5.74) is 1.05. The Labute approximate surface area is 143 Å². The van der Waals surface area contributed by atoms with Crippen LogP contribution in [-0.2, 0) is 11.2 Å². The van der Waals surface area contributed by atoms with Crippen LogP contribution in [0, 0.1) is 5.82 Å². The molecule has 0 amide bonds. The van der Waals surface area contributed by atoms with Crippen molar-refractivity contribution < 1.29 is 19.0 Å². The zero-order chi connectivity index (χ0) is 17.7. The average molecular weight is 346 g/mol. The van der Waals surface area contributed by atoms with E-state index in [1.807, 2.05) is 16.4 Å². The van der Waals surface area contributed by atoms with E-state index in [2.05, 4.69) is 0 Å². The molecule has 1 saturated heterocycles. The highest BCUT2D eigenvalue weighted by Gasteiger charge is 2.29. The Morgan fingerprint density at radius 2 is 2.08 bits per heavy atom. The largest absolute Gasteiger partial charge is 0.477 e. The summed E-state index contributed by atoms with van der Waals surface area (Å²) in [5.74, 6) is -1.75. The number of pyridine rings is 1. The smallest absolute Gasteiger partial charge is 0.341 e. The SMILES string of the molecule is CC1CCc2c(N3CCOCC3)c(F)cc3c(=O)c(C(=O)O)cn1c23. The first kappa shape index (κ1) is 16.1. The minimum Gasteiger partial charge on any atom is -0.477 e. The Hall–Kier alpha value is -2.41. The van der Waals surface area contributed by atoms with Crippen LogP contribution in [0.3, 0.4) is 0 Å². The monoisotopic (exact) mass is 346 g/mol. The standard InChI is InChI=1S/C18H19FN2O4/c1-10-2-3-11-15-12(17(22)13(18(23)24)9-21(10)15)8-14(19)16(11)20-4-6-25-7-5-20/h8-10H,2-7H2,1H3,(H,23,24). The third-order valence-corrected chi connectivity index (χ3v) is 5.18. The number of carbonyl (C=O) groups is 1. The number of carboxylic acid groups (broad SMARTS) is 1. The van der Waals surface area contributed by atoms with Crippen molar-refractivity contribution in [3.8, 4) is 0 Å². The summed E-state index contributed by atoms with van der Waals surface area (Å²) in [6, 6.07) is 1.25. The van der Waals surface area contributed by atoms with Gasteiger partial charge in [-0.05, 0) is 25.8 Å². The van der Waals surface area contributed by atoms with Crippen molar-refractivity contribution in [2.45, 2.75) is 25.8 Å². The van der Waals surface area contributed by atoms with Crippen LogP contribution < -0.4 is 10.3 Å². The van der Waals surface area contributed by atoms with Crippen molar-refractivity contribution in [3.05, 3.63) is 39.4 Å². The fourth-order valence-electron chi connectivity index (χ4n) is 3.92. The molecule has 1 fully saturated rings. The zero-order valence-electron chi connectivity index (χ0n) is 13.9. The summed E-state index contributed by atoms with van der Waals surface area (Å²) in [6.45, 7) is 4.26. The maximum Gasteiger partial charge on any atom is 0.341 e. The number of nitrogens with zero attached hydrogens (tertiary/aromatic N) is 2. The Morgan fingerprint density at radius 1 is 1.36 bits per heavy atom. The van der Waals surface area contributed by atoms with Crippen LogP contribution >= 0.6 is 0 Å². The number of hydrogen-bond acceptors (Lipinski definition) is 4. The van der Waals surface area contributed by atoms with Gasteiger partial charge in [0.2, 0.25) is 5.43 Å². The molecular weight excluding hydrogens is 327 g/mol. The molecular formula is C18H19FN2O4. The van der Waals surface area contributed by atoms with Crippen LogP contribution in [0.5, 0.6) is 0 Å². The number of hydrogen-bond donors (Lipinski definition) is 1. The fraction of sp³-hybridized carbons (Fsp3) is 0.444. The van der Waals surface area contributed by atoms with Gasteiger partial charge in [-0.25, -0.2) is 9.18 Å². The van der Waals surface area contributed by atoms with Gasteiger partial charge in [0.1, 0.15) is 11.4 Å². The van der Waals surface area contributed by atoms with E-state index in [0.29, 0.717) is 43.9 Å². The van der Waals surface area contributed by atoms with E-state index in [4.69, 9.17) is 4.74 Å². The maximum atomic E-state index is 14.9. The molecule has 0 saturated carbocycles. The highest BCUT2D eigenvalue weighted by Crippen LogP contribution is 2.38. The minimum atomic E-state index is -1.28. The Balaban J connectivity index is 2.06. The van der Waals surface area contributed by atoms with Gasteiger partial charge in [0.25, 0.3) is 0 Å². The molecule has 1 N–H and O–H groups in total. The molecule has 2 aliphatic rings. The van der Waals surface area contributed by atoms with Gasteiger partial charge in [-0.15, -0.1) is 0 Å². The number of aromatic nitrogens is 1. The van der Waals surface area contributed by atoms with Crippen molar-refractivity contribution in [1.29, 1.82) is 0 Å². The van der Waals surface area contributed by atoms with E-state index in [1.54, 1.807) is 0 Å². The van der Waals surface area contributed by atoms with Crippen molar-refractivity contribution in [1.82, 2.24) is 4.57 Å². The molecule has 2 aromatic rings. The van der Waals surface area contributed by atoms with Crippen LogP contribution in [0.1, 0.15) is 35.3 Å². The molecule has 0 bridgehead atoms. The van der Waals surface area contributed by atoms with Gasteiger partial charge in [0.15, 0.2) is 0 Å². The average Bonchev–Trinajstić information content (AvgIpc) is 2.60. The van der Waals surface area contributed by atoms with Gasteiger partial charge < -0.3 is 19.3 Å². The quantitative estimate of drug-likeness (QED) is 0.902. The summed E-state index contributed by atoms with van der Waals surface area (Å²) in [7, 11) is 0. The summed E-state index contributed by atoms with van der Waals surface area (Å²) in [4.78, 5) is 25.9. The van der Waals surface area contributed by atoms with E-state index in [0.717, 1.165) is 12.0 Å². The molecule has 3 heterocycles. The Morgan fingerprint density at radius 3 is 2.76 bits per heavy atom. The summed E-state index contributed by atoms with van der Waals surface area (Å²) >= 11 is 0. The molecule has 1 atom stereocenters. The van der Waals surface area contributed by atoms with Crippen molar-refractivity contribution in [2.75, 3.05) is 31.2 Å². The number of aryl methyl sites for hydroxylation is 1. The van der Waals surface area contributed by atoms with E-state index < -0.39 is 17.2 Å². The van der Waals surface area contributed by atoms with Gasteiger partial charge in [-0.2, -0.15) is 0 Å². The minimum absolute atomic E-state index is 0.0525. The molecule has 25 heavy (non-hydrogen) atoms. The highest BCUT2D eigenvalue weighted by molar-refractivity contribution is 5.95. The third-order valence-electron chi connectivity index (χ3n) is 5.18. The second-order valence-corrected chi connectivity index (χ2v) is 6.65. The summed E-state index contributed by atoms with van der Waals surface area (Å²) in [6.07, 6.45) is 2.83. The van der Waals surface area contributed by atoms with Crippen molar-refractivity contribution >= 4 is 22.6 Å². The maximum absolute atomic E-state index is 14.9. The topological polar surface area (TPSA) is 71.8 Å². The highest BCUT2D eigenvalue weighted by atomic mass is 19.1. The second kappa shape index (κ2) is 5.84. The molecule has 2 aliphatic heterocycles.